The monoisotopic (exact) mass is 490 g/mol. The zero-order valence-corrected chi connectivity index (χ0v) is 20.3. The number of thiophene rings is 1. The predicted molar refractivity (Wildman–Crippen MR) is 120 cm³/mol. The molecule has 172 valence electrons. The minimum Gasteiger partial charge on any atom is -0.477 e. The number of aromatic carboxylic acids is 1. The van der Waals surface area contributed by atoms with Crippen molar-refractivity contribution in [3.05, 3.63) is 20.8 Å². The van der Waals surface area contributed by atoms with E-state index in [0.29, 0.717) is 30.6 Å². The van der Waals surface area contributed by atoms with Crippen LogP contribution in [0.5, 0.6) is 0 Å². The highest BCUT2D eigenvalue weighted by Gasteiger charge is 2.57. The van der Waals surface area contributed by atoms with Gasteiger partial charge in [-0.05, 0) is 46.6 Å². The first-order valence-electron chi connectivity index (χ1n) is 10.0. The highest BCUT2D eigenvalue weighted by Crippen LogP contribution is 2.46. The van der Waals surface area contributed by atoms with Gasteiger partial charge in [0, 0.05) is 0 Å². The predicted octanol–water partition coefficient (Wildman–Crippen LogP) is 4.37. The summed E-state index contributed by atoms with van der Waals surface area (Å²) in [5.41, 5.74) is -2.02. The maximum atomic E-state index is 13.6. The molecule has 0 radical (unpaired) electrons. The number of sulfone groups is 1. The fourth-order valence-electron chi connectivity index (χ4n) is 4.23. The van der Waals surface area contributed by atoms with Gasteiger partial charge in [0.25, 0.3) is 0 Å². The van der Waals surface area contributed by atoms with Crippen LogP contribution < -0.4 is 5.32 Å². The average Bonchev–Trinajstić information content (AvgIpc) is 3.01. The summed E-state index contributed by atoms with van der Waals surface area (Å²) in [6.45, 7) is 6.74. The molecule has 11 heteroatoms. The van der Waals surface area contributed by atoms with E-state index in [4.69, 9.17) is 16.3 Å². The molecule has 2 N–H and O–H groups in total. The van der Waals surface area contributed by atoms with Crippen LogP contribution in [0.25, 0.3) is 0 Å². The molecular formula is C20H27ClN2O6S2. The van der Waals surface area contributed by atoms with Crippen molar-refractivity contribution in [2.45, 2.75) is 75.7 Å². The second kappa shape index (κ2) is 8.04. The molecule has 1 aromatic rings. The van der Waals surface area contributed by atoms with Crippen LogP contribution in [-0.2, 0) is 20.1 Å². The van der Waals surface area contributed by atoms with E-state index in [1.807, 2.05) is 0 Å². The molecule has 0 unspecified atom stereocenters. The Labute approximate surface area is 191 Å². The van der Waals surface area contributed by atoms with Crippen molar-refractivity contribution in [3.8, 4) is 0 Å². The number of nitrogens with one attached hydrogen (secondary N) is 1. The lowest BCUT2D eigenvalue weighted by Gasteiger charge is -2.47. The molecule has 31 heavy (non-hydrogen) atoms. The second-order valence-electron chi connectivity index (χ2n) is 9.30. The molecule has 1 saturated heterocycles. The number of rotatable bonds is 2. The normalized spacial score (nSPS) is 26.4. The molecule has 1 saturated carbocycles. The lowest BCUT2D eigenvalue weighted by atomic mass is 9.85. The van der Waals surface area contributed by atoms with Gasteiger partial charge in [-0.1, -0.05) is 30.9 Å². The van der Waals surface area contributed by atoms with Crippen molar-refractivity contribution >= 4 is 50.7 Å². The van der Waals surface area contributed by atoms with Gasteiger partial charge in [-0.3, -0.25) is 0 Å². The van der Waals surface area contributed by atoms with Gasteiger partial charge in [-0.25, -0.2) is 18.0 Å². The highest BCUT2D eigenvalue weighted by atomic mass is 35.5. The van der Waals surface area contributed by atoms with Crippen LogP contribution in [0.3, 0.4) is 0 Å². The third kappa shape index (κ3) is 4.61. The number of hydrogen-bond donors (Lipinski definition) is 2. The van der Waals surface area contributed by atoms with Crippen molar-refractivity contribution in [1.29, 1.82) is 0 Å². The molecule has 2 fully saturated rings. The van der Waals surface area contributed by atoms with Crippen LogP contribution in [0.4, 0.5) is 4.79 Å². The van der Waals surface area contributed by atoms with Crippen LogP contribution in [0.1, 0.15) is 74.3 Å². The van der Waals surface area contributed by atoms with Crippen molar-refractivity contribution in [3.63, 3.8) is 0 Å². The van der Waals surface area contributed by atoms with Gasteiger partial charge < -0.3 is 15.2 Å². The molecule has 1 amide bonds. The Kier molecular flexibility index (Phi) is 6.23. The third-order valence-corrected chi connectivity index (χ3v) is 10.1. The number of amidine groups is 1. The topological polar surface area (TPSA) is 122 Å². The van der Waals surface area contributed by atoms with Crippen molar-refractivity contribution < 1.29 is 27.9 Å². The Morgan fingerprint density at radius 2 is 1.87 bits per heavy atom. The summed E-state index contributed by atoms with van der Waals surface area (Å²) < 4.78 is 31.3. The number of ether oxygens (including phenoxy) is 1. The highest BCUT2D eigenvalue weighted by molar-refractivity contribution is 7.93. The summed E-state index contributed by atoms with van der Waals surface area (Å²) >= 11 is 7.21. The van der Waals surface area contributed by atoms with Gasteiger partial charge in [0.2, 0.25) is 0 Å². The summed E-state index contributed by atoms with van der Waals surface area (Å²) in [6.07, 6.45) is 2.16. The lowest BCUT2D eigenvalue weighted by molar-refractivity contribution is 0.0601. The number of amides is 1. The molecule has 8 nitrogen and oxygen atoms in total. The van der Waals surface area contributed by atoms with Gasteiger partial charge in [-0.15, -0.1) is 11.3 Å². The van der Waals surface area contributed by atoms with E-state index in [0.717, 1.165) is 17.8 Å². The van der Waals surface area contributed by atoms with E-state index in [2.05, 4.69) is 10.3 Å². The quantitative estimate of drug-likeness (QED) is 0.631. The first-order valence-corrected chi connectivity index (χ1v) is 12.9. The zero-order valence-electron chi connectivity index (χ0n) is 18.0. The van der Waals surface area contributed by atoms with E-state index in [-0.39, 0.29) is 21.5 Å². The molecule has 2 heterocycles. The minimum absolute atomic E-state index is 0.00371. The molecule has 1 spiro atoms. The fraction of sp³-hybridized carbons (Fsp3) is 0.650. The van der Waals surface area contributed by atoms with Crippen LogP contribution in [0.2, 0.25) is 5.02 Å². The van der Waals surface area contributed by atoms with Crippen molar-refractivity contribution in [2.24, 2.45) is 4.99 Å². The van der Waals surface area contributed by atoms with Crippen molar-refractivity contribution in [2.75, 3.05) is 5.75 Å². The molecule has 0 aromatic carbocycles. The van der Waals surface area contributed by atoms with E-state index in [9.17, 15) is 23.1 Å². The summed E-state index contributed by atoms with van der Waals surface area (Å²) in [4.78, 5) is 28.4. The standard InChI is InChI=1S/C20H27ClN2O6S2/c1-18(2,3)29-17(26)22-16-20(8-6-5-7-9-20)31(27,28)11-19(4,23-16)14-12(21)10-13(30-14)15(24)25/h10H,5-9,11H2,1-4H3,(H,24,25)(H,22,23,26)/t19-/m0/s1. The Bertz CT molecular complexity index is 1030. The SMILES string of the molecule is CC(C)(C)OC(=O)/N=C1\N[C@](C)(c2sc(C(=O)O)cc2Cl)CS(=O)(=O)C12CCCCC2. The summed E-state index contributed by atoms with van der Waals surface area (Å²) in [5.74, 6) is -1.38. The van der Waals surface area contributed by atoms with Gasteiger partial charge in [-0.2, -0.15) is 4.99 Å². The third-order valence-electron chi connectivity index (χ3n) is 5.56. The summed E-state index contributed by atoms with van der Waals surface area (Å²) in [5, 5.41) is 12.6. The van der Waals surface area contributed by atoms with Crippen LogP contribution in [0.15, 0.2) is 11.1 Å². The molecule has 1 aliphatic carbocycles. The van der Waals surface area contributed by atoms with Crippen molar-refractivity contribution in [1.82, 2.24) is 5.32 Å². The average molecular weight is 491 g/mol. The van der Waals surface area contributed by atoms with E-state index in [1.165, 1.54) is 6.07 Å². The molecule has 1 aromatic heterocycles. The van der Waals surface area contributed by atoms with Crippen LogP contribution in [0, 0.1) is 0 Å². The second-order valence-corrected chi connectivity index (χ2v) is 13.1. The maximum Gasteiger partial charge on any atom is 0.435 e. The lowest BCUT2D eigenvalue weighted by Crippen LogP contribution is -2.67. The molecule has 1 aliphatic heterocycles. The van der Waals surface area contributed by atoms with E-state index >= 15 is 0 Å². The van der Waals surface area contributed by atoms with E-state index in [1.54, 1.807) is 27.7 Å². The molecule has 1 atom stereocenters. The molecular weight excluding hydrogens is 464 g/mol. The minimum atomic E-state index is -3.77. The number of carboxylic acid groups (broad SMARTS) is 1. The first-order chi connectivity index (χ1) is 14.2. The molecule has 3 rings (SSSR count). The number of nitrogens with zero attached hydrogens (tertiary/aromatic N) is 1. The smallest absolute Gasteiger partial charge is 0.435 e. The number of halogens is 1. The van der Waals surface area contributed by atoms with Gasteiger partial charge in [0.1, 0.15) is 21.1 Å². The van der Waals surface area contributed by atoms with Gasteiger partial charge in [0.15, 0.2) is 9.84 Å². The van der Waals surface area contributed by atoms with E-state index < -0.39 is 37.8 Å². The Hall–Kier alpha value is -1.65. The number of hydrogen-bond acceptors (Lipinski definition) is 6. The Morgan fingerprint density at radius 3 is 2.39 bits per heavy atom. The summed E-state index contributed by atoms with van der Waals surface area (Å²) in [7, 11) is -3.77. The Balaban J connectivity index is 2.12. The molecule has 2 aliphatic rings. The van der Waals surface area contributed by atoms with Gasteiger partial charge >= 0.3 is 12.1 Å². The number of carboxylic acids is 1. The largest absolute Gasteiger partial charge is 0.477 e. The van der Waals surface area contributed by atoms with Crippen LogP contribution in [-0.4, -0.2) is 47.5 Å². The number of carbonyl (C=O) groups excluding carboxylic acids is 1. The summed E-state index contributed by atoms with van der Waals surface area (Å²) in [6, 6.07) is 1.30. The Morgan fingerprint density at radius 1 is 1.26 bits per heavy atom. The first kappa shape index (κ1) is 24.0. The molecule has 0 bridgehead atoms. The van der Waals surface area contributed by atoms with Crippen LogP contribution >= 0.6 is 22.9 Å². The van der Waals surface area contributed by atoms with Gasteiger partial charge in [0.05, 0.1) is 21.2 Å². The number of carbonyl (C=O) groups is 2. The maximum absolute atomic E-state index is 13.6. The number of aliphatic imine (C=N–C) groups is 1. The fourth-order valence-corrected chi connectivity index (χ4v) is 8.36. The zero-order chi connectivity index (χ0) is 23.2.